The molecule has 0 bridgehead atoms. The van der Waals surface area contributed by atoms with E-state index < -0.39 is 0 Å². The minimum Gasteiger partial charge on any atom is -0.355 e. The third-order valence-corrected chi connectivity index (χ3v) is 4.32. The second-order valence-electron chi connectivity index (χ2n) is 5.46. The van der Waals surface area contributed by atoms with Crippen molar-refractivity contribution < 1.29 is 9.59 Å². The van der Waals surface area contributed by atoms with E-state index in [2.05, 4.69) is 10.6 Å². The van der Waals surface area contributed by atoms with Gasteiger partial charge in [-0.15, -0.1) is 0 Å². The van der Waals surface area contributed by atoms with Gasteiger partial charge in [-0.3, -0.25) is 9.59 Å². The van der Waals surface area contributed by atoms with Crippen LogP contribution in [-0.2, 0) is 9.59 Å². The summed E-state index contributed by atoms with van der Waals surface area (Å²) in [5.41, 5.74) is 0. The smallest absolute Gasteiger partial charge is 0.227 e. The number of carbonyl (C=O) groups is 2. The van der Waals surface area contributed by atoms with E-state index in [1.807, 2.05) is 4.90 Å². The zero-order valence-corrected chi connectivity index (χ0v) is 9.95. The lowest BCUT2D eigenvalue weighted by molar-refractivity contribution is -0.136. The molecule has 0 aromatic heterocycles. The number of nitrogens with one attached hydrogen (secondary N) is 2. The highest BCUT2D eigenvalue weighted by Crippen LogP contribution is 2.28. The Kier molecular flexibility index (Phi) is 2.78. The van der Waals surface area contributed by atoms with Crippen molar-refractivity contribution in [3.05, 3.63) is 0 Å². The van der Waals surface area contributed by atoms with E-state index in [0.717, 1.165) is 32.6 Å². The average molecular weight is 237 g/mol. The zero-order valence-electron chi connectivity index (χ0n) is 9.95. The van der Waals surface area contributed by atoms with Gasteiger partial charge in [0, 0.05) is 39.1 Å². The fourth-order valence-electron chi connectivity index (χ4n) is 3.24. The molecule has 94 valence electrons. The van der Waals surface area contributed by atoms with E-state index in [0.29, 0.717) is 24.8 Å². The zero-order chi connectivity index (χ0) is 11.8. The predicted molar refractivity (Wildman–Crippen MR) is 62.2 cm³/mol. The minimum absolute atomic E-state index is 0.0134. The summed E-state index contributed by atoms with van der Waals surface area (Å²) in [4.78, 5) is 25.4. The van der Waals surface area contributed by atoms with Crippen molar-refractivity contribution in [3.63, 3.8) is 0 Å². The van der Waals surface area contributed by atoms with E-state index in [-0.39, 0.29) is 17.7 Å². The molecule has 0 radical (unpaired) electrons. The van der Waals surface area contributed by atoms with Crippen LogP contribution in [0.1, 0.15) is 12.8 Å². The molecule has 3 atom stereocenters. The van der Waals surface area contributed by atoms with Gasteiger partial charge in [-0.2, -0.15) is 0 Å². The highest BCUT2D eigenvalue weighted by Gasteiger charge is 2.40. The lowest BCUT2D eigenvalue weighted by atomic mass is 9.98. The lowest BCUT2D eigenvalue weighted by Crippen LogP contribution is -2.44. The number of piperidine rings is 1. The van der Waals surface area contributed by atoms with Crippen LogP contribution in [0.25, 0.3) is 0 Å². The highest BCUT2D eigenvalue weighted by atomic mass is 16.2. The largest absolute Gasteiger partial charge is 0.355 e. The molecule has 3 rings (SSSR count). The fourth-order valence-corrected chi connectivity index (χ4v) is 3.24. The summed E-state index contributed by atoms with van der Waals surface area (Å²) in [7, 11) is 0. The Bertz CT molecular complexity index is 323. The van der Waals surface area contributed by atoms with Crippen LogP contribution in [-0.4, -0.2) is 49.4 Å². The number of amides is 2. The molecule has 0 aromatic carbocycles. The van der Waals surface area contributed by atoms with E-state index in [1.54, 1.807) is 0 Å². The Balaban J connectivity index is 1.58. The van der Waals surface area contributed by atoms with Gasteiger partial charge in [0.05, 0.1) is 5.92 Å². The quantitative estimate of drug-likeness (QED) is 0.627. The summed E-state index contributed by atoms with van der Waals surface area (Å²) < 4.78 is 0. The van der Waals surface area contributed by atoms with Crippen LogP contribution in [0.3, 0.4) is 0 Å². The summed E-state index contributed by atoms with van der Waals surface area (Å²) >= 11 is 0. The van der Waals surface area contributed by atoms with Crippen LogP contribution in [0.15, 0.2) is 0 Å². The van der Waals surface area contributed by atoms with Gasteiger partial charge < -0.3 is 15.5 Å². The standard InChI is InChI=1S/C12H19N3O2/c16-11-2-1-8(5-14-11)12(17)15-6-9-3-13-4-10(9)7-15/h8-10,13H,1-7H2,(H,14,16)/t8?,9-,10+. The molecule has 3 heterocycles. The normalized spacial score (nSPS) is 36.8. The Hall–Kier alpha value is -1.10. The first-order chi connectivity index (χ1) is 8.24. The predicted octanol–water partition coefficient (Wildman–Crippen LogP) is -0.810. The maximum absolute atomic E-state index is 12.3. The first kappa shape index (κ1) is 11.0. The summed E-state index contributed by atoms with van der Waals surface area (Å²) in [6.07, 6.45) is 1.22. The lowest BCUT2D eigenvalue weighted by Gasteiger charge is -2.27. The first-order valence-corrected chi connectivity index (χ1v) is 6.50. The van der Waals surface area contributed by atoms with Crippen molar-refractivity contribution in [1.29, 1.82) is 0 Å². The van der Waals surface area contributed by atoms with Crippen LogP contribution in [0.5, 0.6) is 0 Å². The van der Waals surface area contributed by atoms with Gasteiger partial charge in [0.2, 0.25) is 11.8 Å². The molecule has 1 unspecified atom stereocenters. The molecule has 0 spiro atoms. The molecular weight excluding hydrogens is 218 g/mol. The van der Waals surface area contributed by atoms with Gasteiger partial charge >= 0.3 is 0 Å². The monoisotopic (exact) mass is 237 g/mol. The molecule has 3 aliphatic rings. The topological polar surface area (TPSA) is 61.4 Å². The summed E-state index contributed by atoms with van der Waals surface area (Å²) in [5, 5.41) is 6.16. The molecule has 0 aromatic rings. The molecule has 5 heteroatoms. The maximum atomic E-state index is 12.3. The van der Waals surface area contributed by atoms with Crippen LogP contribution in [0.4, 0.5) is 0 Å². The van der Waals surface area contributed by atoms with E-state index in [9.17, 15) is 9.59 Å². The Morgan fingerprint density at radius 3 is 2.47 bits per heavy atom. The number of carbonyl (C=O) groups excluding carboxylic acids is 2. The van der Waals surface area contributed by atoms with Gasteiger partial charge in [0.1, 0.15) is 0 Å². The minimum atomic E-state index is 0.0134. The second kappa shape index (κ2) is 4.29. The highest BCUT2D eigenvalue weighted by molar-refractivity contribution is 5.84. The number of fused-ring (bicyclic) bond motifs is 1. The van der Waals surface area contributed by atoms with Crippen LogP contribution in [0, 0.1) is 17.8 Å². The van der Waals surface area contributed by atoms with Crippen molar-refractivity contribution in [3.8, 4) is 0 Å². The SMILES string of the molecule is O=C1CCC(C(=O)N2C[C@H]3CNC[C@H]3C2)CN1. The van der Waals surface area contributed by atoms with Crippen LogP contribution < -0.4 is 10.6 Å². The third-order valence-electron chi connectivity index (χ3n) is 4.32. The van der Waals surface area contributed by atoms with E-state index in [4.69, 9.17) is 0 Å². The number of likely N-dealkylation sites (tertiary alicyclic amines) is 1. The summed E-state index contributed by atoms with van der Waals surface area (Å²) in [6, 6.07) is 0. The van der Waals surface area contributed by atoms with Gasteiger partial charge in [0.15, 0.2) is 0 Å². The summed E-state index contributed by atoms with van der Waals surface area (Å²) in [5.74, 6) is 1.64. The average Bonchev–Trinajstić information content (AvgIpc) is 2.89. The number of hydrogen-bond donors (Lipinski definition) is 2. The van der Waals surface area contributed by atoms with Crippen LogP contribution >= 0.6 is 0 Å². The molecule has 0 aliphatic carbocycles. The number of hydrogen-bond acceptors (Lipinski definition) is 3. The van der Waals surface area contributed by atoms with Crippen LogP contribution in [0.2, 0.25) is 0 Å². The van der Waals surface area contributed by atoms with Crippen molar-refractivity contribution in [1.82, 2.24) is 15.5 Å². The van der Waals surface area contributed by atoms with Gasteiger partial charge in [-0.05, 0) is 18.3 Å². The molecule has 2 N–H and O–H groups in total. The van der Waals surface area contributed by atoms with Crippen molar-refractivity contribution >= 4 is 11.8 Å². The molecule has 3 saturated heterocycles. The molecule has 5 nitrogen and oxygen atoms in total. The Morgan fingerprint density at radius 2 is 1.88 bits per heavy atom. The van der Waals surface area contributed by atoms with Crippen molar-refractivity contribution in [2.24, 2.45) is 17.8 Å². The number of nitrogens with zero attached hydrogens (tertiary/aromatic N) is 1. The Labute approximate surface area is 101 Å². The Morgan fingerprint density at radius 1 is 1.18 bits per heavy atom. The van der Waals surface area contributed by atoms with Gasteiger partial charge in [0.25, 0.3) is 0 Å². The molecule has 17 heavy (non-hydrogen) atoms. The third kappa shape index (κ3) is 2.04. The molecule has 3 fully saturated rings. The molecule has 3 aliphatic heterocycles. The second-order valence-corrected chi connectivity index (χ2v) is 5.46. The van der Waals surface area contributed by atoms with E-state index in [1.165, 1.54) is 0 Å². The first-order valence-electron chi connectivity index (χ1n) is 6.50. The molecule has 2 amide bonds. The number of rotatable bonds is 1. The maximum Gasteiger partial charge on any atom is 0.227 e. The molecule has 0 saturated carbocycles. The fraction of sp³-hybridized carbons (Fsp3) is 0.833. The summed E-state index contributed by atoms with van der Waals surface area (Å²) in [6.45, 7) is 4.44. The van der Waals surface area contributed by atoms with Crippen molar-refractivity contribution in [2.75, 3.05) is 32.7 Å². The molecular formula is C12H19N3O2. The van der Waals surface area contributed by atoms with Gasteiger partial charge in [-0.1, -0.05) is 0 Å². The van der Waals surface area contributed by atoms with E-state index >= 15 is 0 Å². The van der Waals surface area contributed by atoms with Gasteiger partial charge in [-0.25, -0.2) is 0 Å². The van der Waals surface area contributed by atoms with Crippen molar-refractivity contribution in [2.45, 2.75) is 12.8 Å².